The van der Waals surface area contributed by atoms with Crippen LogP contribution in [-0.2, 0) is 4.79 Å². The summed E-state index contributed by atoms with van der Waals surface area (Å²) in [5, 5.41) is 11.7. The molecule has 1 unspecified atom stereocenters. The van der Waals surface area contributed by atoms with Gasteiger partial charge < -0.3 is 16.2 Å². The van der Waals surface area contributed by atoms with Gasteiger partial charge in [-0.2, -0.15) is 0 Å². The predicted octanol–water partition coefficient (Wildman–Crippen LogP) is 0.637. The molecule has 0 saturated heterocycles. The Kier molecular flexibility index (Phi) is 7.34. The summed E-state index contributed by atoms with van der Waals surface area (Å²) in [5.41, 5.74) is 5.70. The molecular formula is C11H24N2O2. The van der Waals surface area contributed by atoms with Crippen molar-refractivity contribution in [3.63, 3.8) is 0 Å². The van der Waals surface area contributed by atoms with Crippen molar-refractivity contribution in [3.05, 3.63) is 0 Å². The lowest BCUT2D eigenvalue weighted by molar-refractivity contribution is -0.123. The van der Waals surface area contributed by atoms with Gasteiger partial charge in [-0.1, -0.05) is 27.2 Å². The van der Waals surface area contributed by atoms with E-state index in [9.17, 15) is 4.79 Å². The molecule has 0 aromatic carbocycles. The van der Waals surface area contributed by atoms with E-state index in [0.717, 1.165) is 6.42 Å². The summed E-state index contributed by atoms with van der Waals surface area (Å²) in [7, 11) is 0. The molecule has 0 fully saturated rings. The van der Waals surface area contributed by atoms with Crippen LogP contribution in [0, 0.1) is 5.92 Å². The number of aliphatic hydroxyl groups excluding tert-OH is 1. The zero-order chi connectivity index (χ0) is 11.8. The fraction of sp³-hybridized carbons (Fsp3) is 0.909. The summed E-state index contributed by atoms with van der Waals surface area (Å²) in [4.78, 5) is 11.6. The first-order valence-corrected chi connectivity index (χ1v) is 5.69. The van der Waals surface area contributed by atoms with Crippen LogP contribution in [0.2, 0.25) is 0 Å². The molecule has 0 aliphatic heterocycles. The van der Waals surface area contributed by atoms with Crippen LogP contribution in [0.5, 0.6) is 0 Å². The monoisotopic (exact) mass is 216 g/mol. The molecule has 0 aliphatic rings. The standard InChI is InChI=1S/C11H24N2O2/c1-4-5-9(12)11(15)13-10(6-7-14)8(2)3/h8-10,14H,4-7,12H2,1-3H3,(H,13,15)/t9-,10?/m1/s1. The lowest BCUT2D eigenvalue weighted by Gasteiger charge is -2.23. The number of nitrogens with two attached hydrogens (primary N) is 1. The van der Waals surface area contributed by atoms with E-state index in [1.54, 1.807) is 0 Å². The van der Waals surface area contributed by atoms with E-state index < -0.39 is 6.04 Å². The van der Waals surface area contributed by atoms with E-state index in [1.165, 1.54) is 0 Å². The van der Waals surface area contributed by atoms with Gasteiger partial charge in [0.2, 0.25) is 5.91 Å². The Morgan fingerprint density at radius 3 is 2.40 bits per heavy atom. The van der Waals surface area contributed by atoms with Crippen LogP contribution in [-0.4, -0.2) is 29.7 Å². The zero-order valence-electron chi connectivity index (χ0n) is 9.99. The highest BCUT2D eigenvalue weighted by atomic mass is 16.3. The molecule has 0 rings (SSSR count). The van der Waals surface area contributed by atoms with Crippen LogP contribution < -0.4 is 11.1 Å². The van der Waals surface area contributed by atoms with Crippen molar-refractivity contribution in [1.82, 2.24) is 5.32 Å². The van der Waals surface area contributed by atoms with Gasteiger partial charge in [0, 0.05) is 12.6 Å². The first kappa shape index (κ1) is 14.4. The fourth-order valence-corrected chi connectivity index (χ4v) is 1.44. The number of carbonyl (C=O) groups is 1. The number of rotatable bonds is 7. The van der Waals surface area contributed by atoms with Crippen LogP contribution in [0.3, 0.4) is 0 Å². The SMILES string of the molecule is CCC[C@@H](N)C(=O)NC(CCO)C(C)C. The molecule has 1 amide bonds. The molecule has 0 spiro atoms. The van der Waals surface area contributed by atoms with E-state index in [0.29, 0.717) is 18.8 Å². The topological polar surface area (TPSA) is 75.4 Å². The Hall–Kier alpha value is -0.610. The first-order valence-electron chi connectivity index (χ1n) is 5.69. The number of hydrogen-bond acceptors (Lipinski definition) is 3. The molecule has 4 nitrogen and oxygen atoms in total. The first-order chi connectivity index (χ1) is 7.02. The maximum Gasteiger partial charge on any atom is 0.237 e. The van der Waals surface area contributed by atoms with Gasteiger partial charge in [-0.15, -0.1) is 0 Å². The average molecular weight is 216 g/mol. The third kappa shape index (κ3) is 5.74. The van der Waals surface area contributed by atoms with Gasteiger partial charge in [-0.25, -0.2) is 0 Å². The molecule has 0 bridgehead atoms. The fourth-order valence-electron chi connectivity index (χ4n) is 1.44. The molecule has 0 heterocycles. The number of amides is 1. The highest BCUT2D eigenvalue weighted by Crippen LogP contribution is 2.06. The number of nitrogens with one attached hydrogen (secondary N) is 1. The minimum absolute atomic E-state index is 0.0189. The molecule has 0 radical (unpaired) electrons. The molecule has 90 valence electrons. The Bertz CT molecular complexity index is 183. The minimum Gasteiger partial charge on any atom is -0.396 e. The second-order valence-electron chi connectivity index (χ2n) is 4.27. The largest absolute Gasteiger partial charge is 0.396 e. The molecular weight excluding hydrogens is 192 g/mol. The summed E-state index contributed by atoms with van der Waals surface area (Å²) in [5.74, 6) is 0.207. The van der Waals surface area contributed by atoms with E-state index in [-0.39, 0.29) is 18.6 Å². The maximum absolute atomic E-state index is 11.6. The normalized spacial score (nSPS) is 15.1. The lowest BCUT2D eigenvalue weighted by atomic mass is 10.0. The van der Waals surface area contributed by atoms with Crippen molar-refractivity contribution < 1.29 is 9.90 Å². The molecule has 0 saturated carbocycles. The van der Waals surface area contributed by atoms with Crippen LogP contribution in [0.4, 0.5) is 0 Å². The van der Waals surface area contributed by atoms with Crippen LogP contribution in [0.15, 0.2) is 0 Å². The molecule has 0 aromatic rings. The quantitative estimate of drug-likeness (QED) is 0.584. The third-order valence-electron chi connectivity index (χ3n) is 2.51. The van der Waals surface area contributed by atoms with Crippen molar-refractivity contribution >= 4 is 5.91 Å². The second-order valence-corrected chi connectivity index (χ2v) is 4.27. The van der Waals surface area contributed by atoms with Crippen molar-refractivity contribution in [3.8, 4) is 0 Å². The minimum atomic E-state index is -0.421. The van der Waals surface area contributed by atoms with Gasteiger partial charge in [0.05, 0.1) is 6.04 Å². The van der Waals surface area contributed by atoms with Crippen molar-refractivity contribution in [2.75, 3.05) is 6.61 Å². The van der Waals surface area contributed by atoms with Crippen LogP contribution in [0.25, 0.3) is 0 Å². The summed E-state index contributed by atoms with van der Waals surface area (Å²) >= 11 is 0. The van der Waals surface area contributed by atoms with Gasteiger partial charge in [0.1, 0.15) is 0 Å². The molecule has 4 heteroatoms. The zero-order valence-corrected chi connectivity index (χ0v) is 9.99. The van der Waals surface area contributed by atoms with Gasteiger partial charge >= 0.3 is 0 Å². The molecule has 2 atom stereocenters. The lowest BCUT2D eigenvalue weighted by Crippen LogP contribution is -2.47. The van der Waals surface area contributed by atoms with Gasteiger partial charge in [0.25, 0.3) is 0 Å². The number of hydrogen-bond donors (Lipinski definition) is 3. The van der Waals surface area contributed by atoms with Gasteiger partial charge in [0.15, 0.2) is 0 Å². The van der Waals surface area contributed by atoms with Crippen LogP contribution >= 0.6 is 0 Å². The van der Waals surface area contributed by atoms with E-state index >= 15 is 0 Å². The van der Waals surface area contributed by atoms with E-state index in [4.69, 9.17) is 10.8 Å². The van der Waals surface area contributed by atoms with E-state index in [2.05, 4.69) is 5.32 Å². The van der Waals surface area contributed by atoms with Gasteiger partial charge in [-0.05, 0) is 18.8 Å². The summed E-state index contributed by atoms with van der Waals surface area (Å²) in [6.45, 7) is 6.13. The van der Waals surface area contributed by atoms with E-state index in [1.807, 2.05) is 20.8 Å². The smallest absolute Gasteiger partial charge is 0.237 e. The molecule has 0 aliphatic carbocycles. The van der Waals surface area contributed by atoms with Crippen LogP contribution in [0.1, 0.15) is 40.0 Å². The summed E-state index contributed by atoms with van der Waals surface area (Å²) in [6, 6.07) is -0.402. The second kappa shape index (κ2) is 7.65. The highest BCUT2D eigenvalue weighted by molar-refractivity contribution is 5.81. The number of carbonyl (C=O) groups excluding carboxylic acids is 1. The Morgan fingerprint density at radius 1 is 1.40 bits per heavy atom. The van der Waals surface area contributed by atoms with Crippen molar-refractivity contribution in [2.45, 2.75) is 52.1 Å². The maximum atomic E-state index is 11.6. The average Bonchev–Trinajstić information content (AvgIpc) is 2.17. The number of aliphatic hydroxyl groups is 1. The molecule has 4 N–H and O–H groups in total. The molecule has 15 heavy (non-hydrogen) atoms. The Balaban J connectivity index is 4.09. The Labute approximate surface area is 92.2 Å². The van der Waals surface area contributed by atoms with Crippen molar-refractivity contribution in [1.29, 1.82) is 0 Å². The summed E-state index contributed by atoms with van der Waals surface area (Å²) in [6.07, 6.45) is 2.19. The predicted molar refractivity (Wildman–Crippen MR) is 61.4 cm³/mol. The highest BCUT2D eigenvalue weighted by Gasteiger charge is 2.19. The molecule has 0 aromatic heterocycles. The summed E-state index contributed by atoms with van der Waals surface area (Å²) < 4.78 is 0. The third-order valence-corrected chi connectivity index (χ3v) is 2.51. The van der Waals surface area contributed by atoms with Crippen molar-refractivity contribution in [2.24, 2.45) is 11.7 Å². The van der Waals surface area contributed by atoms with Gasteiger partial charge in [-0.3, -0.25) is 4.79 Å². The Morgan fingerprint density at radius 2 is 2.00 bits per heavy atom.